The van der Waals surface area contributed by atoms with Gasteiger partial charge in [0.25, 0.3) is 0 Å². The van der Waals surface area contributed by atoms with Crippen molar-refractivity contribution in [2.24, 2.45) is 0 Å². The van der Waals surface area contributed by atoms with Gasteiger partial charge < -0.3 is 14.2 Å². The zero-order chi connectivity index (χ0) is 20.1. The Hall–Kier alpha value is -3.61. The Kier molecular flexibility index (Phi) is 5.74. The zero-order valence-electron chi connectivity index (χ0n) is 15.7. The Balaban J connectivity index is 1.78. The average molecular weight is 382 g/mol. The van der Waals surface area contributed by atoms with Gasteiger partial charge in [-0.05, 0) is 48.6 Å². The van der Waals surface area contributed by atoms with Crippen molar-refractivity contribution in [2.75, 3.05) is 21.3 Å². The van der Waals surface area contributed by atoms with Crippen molar-refractivity contribution >= 4 is 11.9 Å². The molecule has 0 bridgehead atoms. The monoisotopic (exact) mass is 382 g/mol. The molecule has 3 aromatic rings. The lowest BCUT2D eigenvalue weighted by atomic mass is 10.1. The summed E-state index contributed by atoms with van der Waals surface area (Å²) in [6, 6.07) is 11.1. The van der Waals surface area contributed by atoms with Crippen molar-refractivity contribution in [3.8, 4) is 28.5 Å². The van der Waals surface area contributed by atoms with E-state index in [9.17, 15) is 9.18 Å². The molecule has 0 aliphatic rings. The fourth-order valence-electron chi connectivity index (χ4n) is 2.64. The molecule has 0 fully saturated rings. The van der Waals surface area contributed by atoms with E-state index in [1.807, 2.05) is 0 Å². The van der Waals surface area contributed by atoms with Crippen LogP contribution in [0.25, 0.3) is 17.3 Å². The second kappa shape index (κ2) is 8.39. The van der Waals surface area contributed by atoms with Crippen LogP contribution in [0.4, 0.5) is 4.39 Å². The molecule has 28 heavy (non-hydrogen) atoms. The maximum atomic E-state index is 14.2. The number of hydrogen-bond acceptors (Lipinski definition) is 5. The SMILES string of the molecule is COc1ccc(-c2cc(C=CC(=O)c3ccc(OC)c(OC)c3)[nH]n2)c(F)c1. The van der Waals surface area contributed by atoms with Crippen molar-refractivity contribution < 1.29 is 23.4 Å². The van der Waals surface area contributed by atoms with Gasteiger partial charge in [-0.2, -0.15) is 5.10 Å². The van der Waals surface area contributed by atoms with E-state index in [2.05, 4.69) is 10.2 Å². The van der Waals surface area contributed by atoms with Crippen LogP contribution in [0.15, 0.2) is 48.5 Å². The van der Waals surface area contributed by atoms with E-state index in [1.54, 1.807) is 42.5 Å². The lowest BCUT2D eigenvalue weighted by Crippen LogP contribution is -1.97. The first-order valence-corrected chi connectivity index (χ1v) is 8.39. The zero-order valence-corrected chi connectivity index (χ0v) is 15.7. The molecule has 0 radical (unpaired) electrons. The first-order chi connectivity index (χ1) is 13.5. The molecule has 0 saturated carbocycles. The number of rotatable bonds is 7. The van der Waals surface area contributed by atoms with Crippen LogP contribution in [0.2, 0.25) is 0 Å². The summed E-state index contributed by atoms with van der Waals surface area (Å²) >= 11 is 0. The van der Waals surface area contributed by atoms with Gasteiger partial charge in [0.05, 0.1) is 32.7 Å². The molecule has 0 spiro atoms. The number of methoxy groups -OCH3 is 3. The standard InChI is InChI=1S/C21H19FN2O4/c1-26-15-6-7-16(17(22)12-15)18-11-14(23-24-18)5-8-19(25)13-4-9-20(27-2)21(10-13)28-3/h4-12H,1-3H3,(H,23,24). The molecule has 3 rings (SSSR count). The van der Waals surface area contributed by atoms with Gasteiger partial charge in [-0.1, -0.05) is 0 Å². The van der Waals surface area contributed by atoms with Crippen molar-refractivity contribution in [3.63, 3.8) is 0 Å². The third-order valence-corrected chi connectivity index (χ3v) is 4.13. The summed E-state index contributed by atoms with van der Waals surface area (Å²) in [5.74, 6) is 0.788. The summed E-state index contributed by atoms with van der Waals surface area (Å²) in [5, 5.41) is 6.87. The van der Waals surface area contributed by atoms with Crippen molar-refractivity contribution in [1.29, 1.82) is 0 Å². The molecule has 7 heteroatoms. The van der Waals surface area contributed by atoms with Gasteiger partial charge in [0.1, 0.15) is 11.6 Å². The molecule has 0 saturated heterocycles. The van der Waals surface area contributed by atoms with E-state index in [0.717, 1.165) is 0 Å². The van der Waals surface area contributed by atoms with Crippen LogP contribution >= 0.6 is 0 Å². The molecule has 6 nitrogen and oxygen atoms in total. The Bertz CT molecular complexity index is 1030. The Morgan fingerprint density at radius 3 is 2.46 bits per heavy atom. The Morgan fingerprint density at radius 2 is 1.79 bits per heavy atom. The average Bonchev–Trinajstić information content (AvgIpc) is 3.19. The number of H-pyrrole nitrogens is 1. The first-order valence-electron chi connectivity index (χ1n) is 8.39. The van der Waals surface area contributed by atoms with E-state index in [-0.39, 0.29) is 5.78 Å². The second-order valence-electron chi connectivity index (χ2n) is 5.82. The van der Waals surface area contributed by atoms with Crippen molar-refractivity contribution in [3.05, 3.63) is 65.6 Å². The number of allylic oxidation sites excluding steroid dienone is 1. The number of nitrogens with zero attached hydrogens (tertiary/aromatic N) is 1. The summed E-state index contributed by atoms with van der Waals surface area (Å²) < 4.78 is 29.5. The fourth-order valence-corrected chi connectivity index (χ4v) is 2.64. The molecule has 1 N–H and O–H groups in total. The highest BCUT2D eigenvalue weighted by molar-refractivity contribution is 6.07. The van der Waals surface area contributed by atoms with E-state index in [0.29, 0.717) is 39.8 Å². The summed E-state index contributed by atoms with van der Waals surface area (Å²) in [5.41, 5.74) is 1.79. The van der Waals surface area contributed by atoms with E-state index >= 15 is 0 Å². The number of benzene rings is 2. The summed E-state index contributed by atoms with van der Waals surface area (Å²) in [7, 11) is 4.51. The number of halogens is 1. The minimum absolute atomic E-state index is 0.215. The number of carbonyl (C=O) groups excluding carboxylic acids is 1. The highest BCUT2D eigenvalue weighted by Crippen LogP contribution is 2.28. The minimum Gasteiger partial charge on any atom is -0.497 e. The third kappa shape index (κ3) is 4.03. The predicted molar refractivity (Wildman–Crippen MR) is 103 cm³/mol. The highest BCUT2D eigenvalue weighted by atomic mass is 19.1. The Labute approximate surface area is 161 Å². The third-order valence-electron chi connectivity index (χ3n) is 4.13. The van der Waals surface area contributed by atoms with Crippen LogP contribution < -0.4 is 14.2 Å². The number of nitrogens with one attached hydrogen (secondary N) is 1. The van der Waals surface area contributed by atoms with Crippen molar-refractivity contribution in [2.45, 2.75) is 0 Å². The van der Waals surface area contributed by atoms with Gasteiger partial charge in [0.15, 0.2) is 17.3 Å². The van der Waals surface area contributed by atoms with Gasteiger partial charge in [-0.25, -0.2) is 4.39 Å². The molecular weight excluding hydrogens is 363 g/mol. The second-order valence-corrected chi connectivity index (χ2v) is 5.82. The van der Waals surface area contributed by atoms with E-state index in [1.165, 1.54) is 33.5 Å². The van der Waals surface area contributed by atoms with E-state index < -0.39 is 5.82 Å². The molecule has 0 aliphatic heterocycles. The maximum absolute atomic E-state index is 14.2. The van der Waals surface area contributed by atoms with Crippen LogP contribution in [0.3, 0.4) is 0 Å². The van der Waals surface area contributed by atoms with Crippen LogP contribution in [0.1, 0.15) is 16.1 Å². The molecule has 0 unspecified atom stereocenters. The minimum atomic E-state index is -0.442. The number of aromatic nitrogens is 2. The largest absolute Gasteiger partial charge is 0.497 e. The highest BCUT2D eigenvalue weighted by Gasteiger charge is 2.11. The number of carbonyl (C=O) groups is 1. The molecule has 0 aliphatic carbocycles. The Morgan fingerprint density at radius 1 is 1.00 bits per heavy atom. The summed E-state index contributed by atoms with van der Waals surface area (Å²) in [6.45, 7) is 0. The van der Waals surface area contributed by atoms with Gasteiger partial charge in [-0.3, -0.25) is 9.89 Å². The normalized spacial score (nSPS) is 10.9. The first kappa shape index (κ1) is 19.2. The number of ketones is 1. The summed E-state index contributed by atoms with van der Waals surface area (Å²) in [4.78, 5) is 12.4. The van der Waals surface area contributed by atoms with Gasteiger partial charge in [0, 0.05) is 17.2 Å². The van der Waals surface area contributed by atoms with Gasteiger partial charge in [0.2, 0.25) is 0 Å². The number of ether oxygens (including phenoxy) is 3. The molecule has 144 valence electrons. The maximum Gasteiger partial charge on any atom is 0.186 e. The number of aromatic amines is 1. The molecule has 2 aromatic carbocycles. The number of hydrogen-bond donors (Lipinski definition) is 1. The molecule has 0 atom stereocenters. The molecule has 0 amide bonds. The van der Waals surface area contributed by atoms with Crippen LogP contribution in [-0.2, 0) is 0 Å². The smallest absolute Gasteiger partial charge is 0.186 e. The lowest BCUT2D eigenvalue weighted by molar-refractivity contribution is 0.104. The van der Waals surface area contributed by atoms with Crippen LogP contribution in [-0.4, -0.2) is 37.3 Å². The van der Waals surface area contributed by atoms with Crippen molar-refractivity contribution in [1.82, 2.24) is 10.2 Å². The molecular formula is C21H19FN2O4. The van der Waals surface area contributed by atoms with Gasteiger partial charge >= 0.3 is 0 Å². The van der Waals surface area contributed by atoms with Crippen LogP contribution in [0.5, 0.6) is 17.2 Å². The molecule has 1 aromatic heterocycles. The van der Waals surface area contributed by atoms with Crippen LogP contribution in [0, 0.1) is 5.82 Å². The van der Waals surface area contributed by atoms with Gasteiger partial charge in [-0.15, -0.1) is 0 Å². The topological polar surface area (TPSA) is 73.4 Å². The predicted octanol–water partition coefficient (Wildman–Crippen LogP) is 4.14. The molecule has 1 heterocycles. The summed E-state index contributed by atoms with van der Waals surface area (Å²) in [6.07, 6.45) is 2.99. The quantitative estimate of drug-likeness (QED) is 0.491. The fraction of sp³-hybridized carbons (Fsp3) is 0.143. The van der Waals surface area contributed by atoms with E-state index in [4.69, 9.17) is 14.2 Å². The lowest BCUT2D eigenvalue weighted by Gasteiger charge is -2.07.